The maximum Gasteiger partial charge on any atom is 0.156 e. The first-order valence-electron chi connectivity index (χ1n) is 4.58. The Bertz CT molecular complexity index is 200. The molecule has 4 heteroatoms. The molecule has 0 bridgehead atoms. The predicted octanol–water partition coefficient (Wildman–Crippen LogP) is -0.0199. The van der Waals surface area contributed by atoms with Gasteiger partial charge in [0.1, 0.15) is 0 Å². The third-order valence-corrected chi connectivity index (χ3v) is 2.52. The van der Waals surface area contributed by atoms with Gasteiger partial charge >= 0.3 is 0 Å². The number of hydrogen-bond acceptors (Lipinski definition) is 4. The van der Waals surface area contributed by atoms with Crippen molar-refractivity contribution in [1.29, 1.82) is 5.26 Å². The van der Waals surface area contributed by atoms with Crippen molar-refractivity contribution in [2.45, 2.75) is 32.1 Å². The molecule has 1 fully saturated rings. The number of hydrogen-bond donors (Lipinski definition) is 1. The molecule has 0 aromatic heterocycles. The second-order valence-electron chi connectivity index (χ2n) is 3.46. The van der Waals surface area contributed by atoms with E-state index in [-0.39, 0.29) is 18.2 Å². The third kappa shape index (κ3) is 2.66. The van der Waals surface area contributed by atoms with Crippen LogP contribution in [-0.4, -0.2) is 48.0 Å². The lowest BCUT2D eigenvalue weighted by Gasteiger charge is -2.35. The molecule has 1 aliphatic rings. The van der Waals surface area contributed by atoms with E-state index in [1.807, 2.05) is 6.92 Å². The van der Waals surface area contributed by atoms with Crippen LogP contribution in [-0.2, 0) is 4.74 Å². The second kappa shape index (κ2) is 4.56. The van der Waals surface area contributed by atoms with Crippen molar-refractivity contribution in [3.63, 3.8) is 0 Å². The molecule has 0 aromatic carbocycles. The van der Waals surface area contributed by atoms with Crippen LogP contribution in [0.2, 0.25) is 0 Å². The Kier molecular flexibility index (Phi) is 3.67. The van der Waals surface area contributed by atoms with Gasteiger partial charge in [0.05, 0.1) is 18.8 Å². The summed E-state index contributed by atoms with van der Waals surface area (Å²) in [6, 6.07) is 2.18. The highest BCUT2D eigenvalue weighted by molar-refractivity contribution is 4.91. The lowest BCUT2D eigenvalue weighted by atomic mass is 10.1. The van der Waals surface area contributed by atoms with E-state index < -0.39 is 0 Å². The summed E-state index contributed by atoms with van der Waals surface area (Å²) in [7, 11) is 0. The van der Waals surface area contributed by atoms with Gasteiger partial charge in [-0.05, 0) is 13.8 Å². The highest BCUT2D eigenvalue weighted by Crippen LogP contribution is 2.10. The van der Waals surface area contributed by atoms with Crippen LogP contribution in [0.1, 0.15) is 13.8 Å². The lowest BCUT2D eigenvalue weighted by Crippen LogP contribution is -2.49. The number of nitrogens with zero attached hydrogens (tertiary/aromatic N) is 2. The summed E-state index contributed by atoms with van der Waals surface area (Å²) in [6.45, 7) is 5.70. The van der Waals surface area contributed by atoms with E-state index in [2.05, 4.69) is 11.0 Å². The van der Waals surface area contributed by atoms with Gasteiger partial charge < -0.3 is 9.84 Å². The first kappa shape index (κ1) is 10.5. The van der Waals surface area contributed by atoms with Crippen molar-refractivity contribution in [2.24, 2.45) is 0 Å². The minimum atomic E-state index is -0.363. The molecule has 1 heterocycles. The molecule has 0 aromatic rings. The molecule has 4 nitrogen and oxygen atoms in total. The Morgan fingerprint density at radius 2 is 2.31 bits per heavy atom. The molecule has 0 aliphatic carbocycles. The quantitative estimate of drug-likeness (QED) is 0.655. The van der Waals surface area contributed by atoms with Crippen LogP contribution < -0.4 is 0 Å². The summed E-state index contributed by atoms with van der Waals surface area (Å²) < 4.78 is 5.20. The van der Waals surface area contributed by atoms with Gasteiger partial charge in [-0.15, -0.1) is 0 Å². The summed E-state index contributed by atoms with van der Waals surface area (Å²) in [5.74, 6) is 0. The van der Waals surface area contributed by atoms with Gasteiger partial charge in [-0.25, -0.2) is 0 Å². The fraction of sp³-hybridized carbons (Fsp3) is 0.889. The van der Waals surface area contributed by atoms with Crippen LogP contribution in [0.15, 0.2) is 0 Å². The minimum absolute atomic E-state index is 0.0970. The van der Waals surface area contributed by atoms with E-state index in [0.29, 0.717) is 13.2 Å². The van der Waals surface area contributed by atoms with E-state index in [1.165, 1.54) is 0 Å². The molecule has 3 unspecified atom stereocenters. The van der Waals surface area contributed by atoms with Gasteiger partial charge in [0.2, 0.25) is 0 Å². The van der Waals surface area contributed by atoms with E-state index in [1.54, 1.807) is 6.92 Å². The summed E-state index contributed by atoms with van der Waals surface area (Å²) in [5, 5.41) is 18.0. The fourth-order valence-corrected chi connectivity index (χ4v) is 1.42. The van der Waals surface area contributed by atoms with Crippen LogP contribution in [0.4, 0.5) is 0 Å². The second-order valence-corrected chi connectivity index (χ2v) is 3.46. The zero-order valence-corrected chi connectivity index (χ0v) is 8.10. The first-order valence-corrected chi connectivity index (χ1v) is 4.58. The molecule has 3 atom stereocenters. The number of rotatable bonds is 2. The molecule has 1 saturated heterocycles. The monoisotopic (exact) mass is 184 g/mol. The zero-order chi connectivity index (χ0) is 9.84. The van der Waals surface area contributed by atoms with Crippen LogP contribution in [0.3, 0.4) is 0 Å². The Balaban J connectivity index is 2.47. The normalized spacial score (nSPS) is 29.2. The average molecular weight is 184 g/mol. The Morgan fingerprint density at radius 3 is 2.85 bits per heavy atom. The van der Waals surface area contributed by atoms with Crippen molar-refractivity contribution in [3.05, 3.63) is 0 Å². The molecule has 0 spiro atoms. The fourth-order valence-electron chi connectivity index (χ4n) is 1.42. The number of ether oxygens (including phenoxy) is 1. The van der Waals surface area contributed by atoms with Crippen molar-refractivity contribution < 1.29 is 9.84 Å². The predicted molar refractivity (Wildman–Crippen MR) is 48.1 cm³/mol. The lowest BCUT2D eigenvalue weighted by molar-refractivity contribution is -0.0368. The average Bonchev–Trinajstić information content (AvgIpc) is 2.16. The van der Waals surface area contributed by atoms with Crippen LogP contribution in [0, 0.1) is 11.3 Å². The number of aliphatic hydroxyl groups excluding tert-OH is 1. The summed E-state index contributed by atoms with van der Waals surface area (Å²) in [4.78, 5) is 2.09. The molecule has 0 saturated carbocycles. The topological polar surface area (TPSA) is 56.5 Å². The van der Waals surface area contributed by atoms with Crippen LogP contribution >= 0.6 is 0 Å². The molecule has 1 N–H and O–H groups in total. The van der Waals surface area contributed by atoms with Gasteiger partial charge in [-0.1, -0.05) is 0 Å². The van der Waals surface area contributed by atoms with Gasteiger partial charge in [0, 0.05) is 19.1 Å². The molecule has 0 amide bonds. The Morgan fingerprint density at radius 1 is 1.62 bits per heavy atom. The molecule has 1 rings (SSSR count). The van der Waals surface area contributed by atoms with E-state index in [4.69, 9.17) is 10.00 Å². The SMILES string of the molecule is CC(O)C(C)N1CCOC(C#N)C1. The number of aliphatic hydroxyl groups is 1. The van der Waals surface area contributed by atoms with Gasteiger partial charge in [0.15, 0.2) is 6.10 Å². The zero-order valence-electron chi connectivity index (χ0n) is 8.10. The summed E-state index contributed by atoms with van der Waals surface area (Å²) >= 11 is 0. The van der Waals surface area contributed by atoms with E-state index >= 15 is 0 Å². The number of morpholine rings is 1. The molecule has 13 heavy (non-hydrogen) atoms. The first-order chi connectivity index (χ1) is 6.15. The maximum atomic E-state index is 9.37. The van der Waals surface area contributed by atoms with Crippen LogP contribution in [0.5, 0.6) is 0 Å². The molecular weight excluding hydrogens is 168 g/mol. The molecule has 74 valence electrons. The smallest absolute Gasteiger partial charge is 0.156 e. The van der Waals surface area contributed by atoms with Crippen molar-refractivity contribution in [2.75, 3.05) is 19.7 Å². The summed E-state index contributed by atoms with van der Waals surface area (Å²) in [5.41, 5.74) is 0. The van der Waals surface area contributed by atoms with Crippen LogP contribution in [0.25, 0.3) is 0 Å². The number of nitriles is 1. The highest BCUT2D eigenvalue weighted by Gasteiger charge is 2.25. The van der Waals surface area contributed by atoms with E-state index in [9.17, 15) is 5.11 Å². The molecular formula is C9H16N2O2. The Labute approximate surface area is 78.7 Å². The van der Waals surface area contributed by atoms with Crippen molar-refractivity contribution in [1.82, 2.24) is 4.90 Å². The van der Waals surface area contributed by atoms with Gasteiger partial charge in [-0.3, -0.25) is 4.90 Å². The van der Waals surface area contributed by atoms with Gasteiger partial charge in [0.25, 0.3) is 0 Å². The van der Waals surface area contributed by atoms with Gasteiger partial charge in [-0.2, -0.15) is 5.26 Å². The molecule has 1 aliphatic heterocycles. The molecule has 0 radical (unpaired) electrons. The maximum absolute atomic E-state index is 9.37. The Hall–Kier alpha value is -0.630. The van der Waals surface area contributed by atoms with Crippen molar-refractivity contribution >= 4 is 0 Å². The largest absolute Gasteiger partial charge is 0.392 e. The highest BCUT2D eigenvalue weighted by atomic mass is 16.5. The minimum Gasteiger partial charge on any atom is -0.392 e. The standard InChI is InChI=1S/C9H16N2O2/c1-7(8(2)12)11-3-4-13-9(5-10)6-11/h7-9,12H,3-4,6H2,1-2H3. The third-order valence-electron chi connectivity index (χ3n) is 2.52. The summed E-state index contributed by atoms with van der Waals surface area (Å²) in [6.07, 6.45) is -0.701. The van der Waals surface area contributed by atoms with Crippen molar-refractivity contribution in [3.8, 4) is 6.07 Å². The van der Waals surface area contributed by atoms with E-state index in [0.717, 1.165) is 6.54 Å².